The van der Waals surface area contributed by atoms with Crippen LogP contribution in [-0.2, 0) is 0 Å². The van der Waals surface area contributed by atoms with Crippen LogP contribution in [0.25, 0.3) is 0 Å². The molecule has 0 aromatic heterocycles. The van der Waals surface area contributed by atoms with Gasteiger partial charge >= 0.3 is 0 Å². The lowest BCUT2D eigenvalue weighted by atomic mass is 9.88. The summed E-state index contributed by atoms with van der Waals surface area (Å²) in [5.74, 6) is 0. The molecule has 0 saturated carbocycles. The van der Waals surface area contributed by atoms with E-state index in [4.69, 9.17) is 76.6 Å². The van der Waals surface area contributed by atoms with E-state index in [-0.39, 0.29) is 99.1 Å². The molecule has 280 valence electrons. The standard InChI is InChI=1S/5C6H14O3/c5*1-2-6(3-7,4-8)5-9/h5*7-9H,2-5H2,1H3. The minimum Gasteiger partial charge on any atom is -0.396 e. The van der Waals surface area contributed by atoms with E-state index in [1.54, 1.807) is 0 Å². The van der Waals surface area contributed by atoms with Gasteiger partial charge in [0, 0.05) is 27.1 Å². The van der Waals surface area contributed by atoms with Gasteiger partial charge in [0.25, 0.3) is 0 Å². The van der Waals surface area contributed by atoms with Crippen molar-refractivity contribution >= 4 is 0 Å². The van der Waals surface area contributed by atoms with Crippen LogP contribution in [0, 0.1) is 27.1 Å². The maximum absolute atomic E-state index is 8.66. The third-order valence-corrected chi connectivity index (χ3v) is 8.78. The van der Waals surface area contributed by atoms with Crippen molar-refractivity contribution in [3.8, 4) is 0 Å². The fourth-order valence-electron chi connectivity index (χ4n) is 2.43. The van der Waals surface area contributed by atoms with Gasteiger partial charge < -0.3 is 76.6 Å². The molecular formula is C30H70O15. The molecule has 0 rings (SSSR count). The number of rotatable bonds is 20. The Morgan fingerprint density at radius 3 is 0.267 bits per heavy atom. The molecule has 0 unspecified atom stereocenters. The van der Waals surface area contributed by atoms with Gasteiger partial charge in [0.2, 0.25) is 0 Å². The maximum atomic E-state index is 8.66. The lowest BCUT2D eigenvalue weighted by Crippen LogP contribution is -2.32. The Hall–Kier alpha value is -0.600. The summed E-state index contributed by atoms with van der Waals surface area (Å²) in [7, 11) is 0. The maximum Gasteiger partial charge on any atom is 0.0531 e. The van der Waals surface area contributed by atoms with Crippen molar-refractivity contribution < 1.29 is 76.6 Å². The van der Waals surface area contributed by atoms with E-state index in [0.717, 1.165) is 0 Å². The predicted octanol–water partition coefficient (Wildman–Crippen LogP) is -3.20. The molecular weight excluding hydrogens is 600 g/mol. The zero-order valence-electron chi connectivity index (χ0n) is 28.4. The summed E-state index contributed by atoms with van der Waals surface area (Å²) in [4.78, 5) is 0. The zero-order chi connectivity index (χ0) is 36.6. The van der Waals surface area contributed by atoms with E-state index < -0.39 is 27.1 Å². The number of aliphatic hydroxyl groups is 15. The van der Waals surface area contributed by atoms with Gasteiger partial charge in [0.05, 0.1) is 99.1 Å². The van der Waals surface area contributed by atoms with Crippen LogP contribution in [0.1, 0.15) is 66.7 Å². The molecule has 0 fully saturated rings. The topological polar surface area (TPSA) is 303 Å². The van der Waals surface area contributed by atoms with Gasteiger partial charge in [-0.3, -0.25) is 0 Å². The van der Waals surface area contributed by atoms with Crippen LogP contribution in [-0.4, -0.2) is 176 Å². The second-order valence-corrected chi connectivity index (χ2v) is 11.6. The van der Waals surface area contributed by atoms with E-state index >= 15 is 0 Å². The highest BCUT2D eigenvalue weighted by atomic mass is 16.3. The Kier molecular flexibility index (Phi) is 38.3. The summed E-state index contributed by atoms with van der Waals surface area (Å²) in [6.07, 6.45) is 2.97. The average Bonchev–Trinajstić information content (AvgIpc) is 3.12. The van der Waals surface area contributed by atoms with Crippen molar-refractivity contribution in [2.24, 2.45) is 27.1 Å². The fourth-order valence-corrected chi connectivity index (χ4v) is 2.43. The summed E-state index contributed by atoms with van der Waals surface area (Å²) in [5.41, 5.74) is -3.33. The monoisotopic (exact) mass is 670 g/mol. The van der Waals surface area contributed by atoms with Gasteiger partial charge in [-0.25, -0.2) is 0 Å². The van der Waals surface area contributed by atoms with Gasteiger partial charge in [0.15, 0.2) is 0 Å². The number of hydrogen-bond acceptors (Lipinski definition) is 15. The Morgan fingerprint density at radius 1 is 0.200 bits per heavy atom. The van der Waals surface area contributed by atoms with Crippen molar-refractivity contribution in [3.05, 3.63) is 0 Å². The first-order chi connectivity index (χ1) is 21.2. The quantitative estimate of drug-likeness (QED) is 0.0607. The summed E-state index contributed by atoms with van der Waals surface area (Å²) in [6, 6.07) is 0. The van der Waals surface area contributed by atoms with Gasteiger partial charge in [-0.1, -0.05) is 34.6 Å². The highest BCUT2D eigenvalue weighted by Crippen LogP contribution is 2.21. The summed E-state index contributed by atoms with van der Waals surface area (Å²) in [5, 5.41) is 130. The van der Waals surface area contributed by atoms with Gasteiger partial charge in [-0.2, -0.15) is 0 Å². The predicted molar refractivity (Wildman–Crippen MR) is 170 cm³/mol. The molecule has 15 N–H and O–H groups in total. The molecule has 0 aliphatic rings. The molecule has 0 amide bonds. The summed E-state index contributed by atoms with van der Waals surface area (Å²) >= 11 is 0. The van der Waals surface area contributed by atoms with Crippen molar-refractivity contribution in [2.45, 2.75) is 66.7 Å². The summed E-state index contributed by atoms with van der Waals surface area (Å²) < 4.78 is 0. The molecule has 45 heavy (non-hydrogen) atoms. The molecule has 0 atom stereocenters. The average molecular weight is 671 g/mol. The Bertz CT molecular complexity index is 372. The molecule has 0 bridgehead atoms. The molecule has 0 saturated heterocycles. The molecule has 0 heterocycles. The largest absolute Gasteiger partial charge is 0.396 e. The Balaban J connectivity index is -0.000000148. The minimum atomic E-state index is -0.667. The molecule has 0 aromatic rings. The van der Waals surface area contributed by atoms with Crippen molar-refractivity contribution in [3.63, 3.8) is 0 Å². The van der Waals surface area contributed by atoms with E-state index in [9.17, 15) is 0 Å². The van der Waals surface area contributed by atoms with Crippen molar-refractivity contribution in [1.82, 2.24) is 0 Å². The first-order valence-corrected chi connectivity index (χ1v) is 15.4. The molecule has 15 nitrogen and oxygen atoms in total. The van der Waals surface area contributed by atoms with Crippen LogP contribution in [0.3, 0.4) is 0 Å². The van der Waals surface area contributed by atoms with Gasteiger partial charge in [-0.15, -0.1) is 0 Å². The fraction of sp³-hybridized carbons (Fsp3) is 1.00. The molecule has 0 aromatic carbocycles. The first-order valence-electron chi connectivity index (χ1n) is 15.4. The highest BCUT2D eigenvalue weighted by molar-refractivity contribution is 4.76. The van der Waals surface area contributed by atoms with E-state index in [2.05, 4.69) is 0 Å². The third kappa shape index (κ3) is 21.1. The second-order valence-electron chi connectivity index (χ2n) is 11.6. The molecule has 0 aliphatic heterocycles. The number of aliphatic hydroxyl groups excluding tert-OH is 15. The van der Waals surface area contributed by atoms with E-state index in [1.807, 2.05) is 34.6 Å². The van der Waals surface area contributed by atoms with Crippen LogP contribution in [0.2, 0.25) is 0 Å². The Morgan fingerprint density at radius 2 is 0.267 bits per heavy atom. The van der Waals surface area contributed by atoms with E-state index in [1.165, 1.54) is 0 Å². The van der Waals surface area contributed by atoms with Crippen LogP contribution >= 0.6 is 0 Å². The lowest BCUT2D eigenvalue weighted by Gasteiger charge is -2.24. The van der Waals surface area contributed by atoms with Gasteiger partial charge in [0.1, 0.15) is 0 Å². The number of hydrogen-bond donors (Lipinski definition) is 15. The molecule has 0 radical (unpaired) electrons. The normalized spacial score (nSPS) is 12.0. The molecule has 15 heteroatoms. The summed E-state index contributed by atoms with van der Waals surface area (Å²) in [6.45, 7) is 6.77. The minimum absolute atomic E-state index is 0.156. The zero-order valence-corrected chi connectivity index (χ0v) is 28.4. The van der Waals surface area contributed by atoms with Crippen molar-refractivity contribution in [1.29, 1.82) is 0 Å². The van der Waals surface area contributed by atoms with E-state index in [0.29, 0.717) is 32.1 Å². The molecule has 0 spiro atoms. The second kappa shape index (κ2) is 32.0. The third-order valence-electron chi connectivity index (χ3n) is 8.78. The van der Waals surface area contributed by atoms with Crippen LogP contribution in [0.4, 0.5) is 0 Å². The first kappa shape index (κ1) is 53.9. The van der Waals surface area contributed by atoms with Crippen molar-refractivity contribution in [2.75, 3.05) is 99.1 Å². The Labute approximate surface area is 269 Å². The van der Waals surface area contributed by atoms with Crippen LogP contribution < -0.4 is 0 Å². The van der Waals surface area contributed by atoms with Gasteiger partial charge in [-0.05, 0) is 32.1 Å². The SMILES string of the molecule is CCC(CO)(CO)CO.CCC(CO)(CO)CO.CCC(CO)(CO)CO.CCC(CO)(CO)CO.CCC(CO)(CO)CO. The van der Waals surface area contributed by atoms with Crippen LogP contribution in [0.15, 0.2) is 0 Å². The lowest BCUT2D eigenvalue weighted by molar-refractivity contribution is 0.00275. The molecule has 0 aliphatic carbocycles. The van der Waals surface area contributed by atoms with Crippen LogP contribution in [0.5, 0.6) is 0 Å². The highest BCUT2D eigenvalue weighted by Gasteiger charge is 2.27. The smallest absolute Gasteiger partial charge is 0.0531 e.